The highest BCUT2D eigenvalue weighted by atomic mass is 35.5. The summed E-state index contributed by atoms with van der Waals surface area (Å²) in [4.78, 5) is 12.1. The van der Waals surface area contributed by atoms with Crippen molar-refractivity contribution in [2.24, 2.45) is 5.92 Å². The average Bonchev–Trinajstić information content (AvgIpc) is 2.84. The third-order valence-corrected chi connectivity index (χ3v) is 3.68. The van der Waals surface area contributed by atoms with E-state index in [9.17, 15) is 4.79 Å². The Balaban J connectivity index is 0.00000200. The number of hydrogen-bond acceptors (Lipinski definition) is 3. The fourth-order valence-electron chi connectivity index (χ4n) is 2.52. The monoisotopic (exact) mass is 300 g/mol. The number of anilines is 1. The van der Waals surface area contributed by atoms with E-state index in [1.165, 1.54) is 0 Å². The Morgan fingerprint density at radius 2 is 2.35 bits per heavy atom. The molecule has 0 aromatic carbocycles. The molecule has 0 unspecified atom stereocenters. The smallest absolute Gasteiger partial charge is 0.228 e. The fraction of sp³-hybridized carbons (Fsp3) is 0.714. The molecule has 1 saturated heterocycles. The van der Waals surface area contributed by atoms with Gasteiger partial charge in [-0.15, -0.1) is 12.4 Å². The first-order valence-corrected chi connectivity index (χ1v) is 7.27. The molecule has 6 heteroatoms. The number of rotatable bonds is 5. The molecule has 1 aromatic rings. The van der Waals surface area contributed by atoms with Gasteiger partial charge in [0.15, 0.2) is 5.82 Å². The molecule has 2 rings (SSSR count). The zero-order chi connectivity index (χ0) is 13.7. The Morgan fingerprint density at radius 3 is 3.05 bits per heavy atom. The first-order valence-electron chi connectivity index (χ1n) is 7.27. The van der Waals surface area contributed by atoms with Crippen molar-refractivity contribution >= 4 is 24.1 Å². The van der Waals surface area contributed by atoms with Crippen molar-refractivity contribution < 1.29 is 4.79 Å². The molecule has 20 heavy (non-hydrogen) atoms. The highest BCUT2D eigenvalue weighted by Crippen LogP contribution is 2.18. The molecule has 114 valence electrons. The van der Waals surface area contributed by atoms with Gasteiger partial charge in [-0.3, -0.25) is 9.89 Å². The van der Waals surface area contributed by atoms with Crippen LogP contribution in [-0.4, -0.2) is 28.7 Å². The molecule has 1 fully saturated rings. The van der Waals surface area contributed by atoms with Crippen molar-refractivity contribution in [1.29, 1.82) is 0 Å². The molecule has 0 aliphatic carbocycles. The van der Waals surface area contributed by atoms with Crippen molar-refractivity contribution in [3.8, 4) is 0 Å². The van der Waals surface area contributed by atoms with Crippen LogP contribution in [0.5, 0.6) is 0 Å². The van der Waals surface area contributed by atoms with Crippen LogP contribution in [0.2, 0.25) is 0 Å². The maximum atomic E-state index is 12.1. The Bertz CT molecular complexity index is 421. The van der Waals surface area contributed by atoms with Gasteiger partial charge in [-0.2, -0.15) is 5.10 Å². The van der Waals surface area contributed by atoms with Crippen molar-refractivity contribution in [2.45, 2.75) is 52.0 Å². The molecule has 1 aliphatic heterocycles. The van der Waals surface area contributed by atoms with E-state index in [2.05, 4.69) is 34.7 Å². The third kappa shape index (κ3) is 4.80. The van der Waals surface area contributed by atoms with Crippen LogP contribution in [0.1, 0.15) is 45.2 Å². The normalized spacial score (nSPS) is 22.1. The summed E-state index contributed by atoms with van der Waals surface area (Å²) in [5, 5.41) is 13.4. The summed E-state index contributed by atoms with van der Waals surface area (Å²) in [5.41, 5.74) is 1.09. The number of halogens is 1. The van der Waals surface area contributed by atoms with E-state index in [1.807, 2.05) is 6.07 Å². The van der Waals surface area contributed by atoms with Crippen LogP contribution < -0.4 is 10.6 Å². The predicted molar refractivity (Wildman–Crippen MR) is 83.3 cm³/mol. The molecule has 3 N–H and O–H groups in total. The van der Waals surface area contributed by atoms with E-state index in [0.29, 0.717) is 11.9 Å². The highest BCUT2D eigenvalue weighted by molar-refractivity contribution is 5.91. The lowest BCUT2D eigenvalue weighted by atomic mass is 9.92. The first kappa shape index (κ1) is 17.0. The van der Waals surface area contributed by atoms with E-state index in [1.54, 1.807) is 0 Å². The number of aromatic amines is 1. The minimum Gasteiger partial charge on any atom is -0.314 e. The molecule has 0 spiro atoms. The van der Waals surface area contributed by atoms with E-state index in [0.717, 1.165) is 44.3 Å². The fourth-order valence-corrected chi connectivity index (χ4v) is 2.52. The summed E-state index contributed by atoms with van der Waals surface area (Å²) in [6.45, 7) is 5.20. The van der Waals surface area contributed by atoms with Gasteiger partial charge in [0.2, 0.25) is 5.91 Å². The van der Waals surface area contributed by atoms with Crippen LogP contribution >= 0.6 is 12.4 Å². The van der Waals surface area contributed by atoms with Gasteiger partial charge in [-0.1, -0.05) is 13.3 Å². The van der Waals surface area contributed by atoms with E-state index in [4.69, 9.17) is 0 Å². The number of H-pyrrole nitrogens is 1. The minimum atomic E-state index is 0. The molecule has 1 aliphatic rings. The molecule has 2 atom stereocenters. The van der Waals surface area contributed by atoms with Gasteiger partial charge in [0.1, 0.15) is 0 Å². The second-order valence-electron chi connectivity index (χ2n) is 5.45. The Morgan fingerprint density at radius 1 is 1.55 bits per heavy atom. The number of aromatic nitrogens is 2. The number of unbranched alkanes of at least 4 members (excludes halogenated alkanes) is 1. The Hall–Kier alpha value is -1.07. The lowest BCUT2D eigenvalue weighted by molar-refractivity contribution is -0.120. The topological polar surface area (TPSA) is 69.8 Å². The van der Waals surface area contributed by atoms with Crippen molar-refractivity contribution in [2.75, 3.05) is 11.9 Å². The molecule has 0 radical (unpaired) electrons. The van der Waals surface area contributed by atoms with E-state index in [-0.39, 0.29) is 24.2 Å². The number of carbonyl (C=O) groups is 1. The molecule has 5 nitrogen and oxygen atoms in total. The second-order valence-corrected chi connectivity index (χ2v) is 5.45. The maximum Gasteiger partial charge on any atom is 0.228 e. The van der Waals surface area contributed by atoms with Gasteiger partial charge < -0.3 is 10.6 Å². The summed E-state index contributed by atoms with van der Waals surface area (Å²) < 4.78 is 0. The van der Waals surface area contributed by atoms with E-state index < -0.39 is 0 Å². The summed E-state index contributed by atoms with van der Waals surface area (Å²) in [6, 6.07) is 2.36. The maximum absolute atomic E-state index is 12.1. The van der Waals surface area contributed by atoms with Gasteiger partial charge in [0, 0.05) is 23.7 Å². The van der Waals surface area contributed by atoms with Crippen LogP contribution in [-0.2, 0) is 11.2 Å². The third-order valence-electron chi connectivity index (χ3n) is 3.68. The quantitative estimate of drug-likeness (QED) is 0.782. The molecule has 1 amide bonds. The van der Waals surface area contributed by atoms with Crippen LogP contribution in [0.25, 0.3) is 0 Å². The zero-order valence-electron chi connectivity index (χ0n) is 12.2. The molecule has 2 heterocycles. The van der Waals surface area contributed by atoms with Crippen molar-refractivity contribution in [3.05, 3.63) is 11.8 Å². The SMILES string of the molecule is CCCCc1cc(NC(=O)[C@H]2CCN[C@@H](C)C2)n[nH]1.Cl. The largest absolute Gasteiger partial charge is 0.314 e. The van der Waals surface area contributed by atoms with Crippen molar-refractivity contribution in [1.82, 2.24) is 15.5 Å². The van der Waals surface area contributed by atoms with Crippen LogP contribution in [0.15, 0.2) is 6.07 Å². The minimum absolute atomic E-state index is 0. The number of nitrogens with zero attached hydrogens (tertiary/aromatic N) is 1. The van der Waals surface area contributed by atoms with Crippen molar-refractivity contribution in [3.63, 3.8) is 0 Å². The molecule has 0 saturated carbocycles. The summed E-state index contributed by atoms with van der Waals surface area (Å²) in [6.07, 6.45) is 5.10. The Kier molecular flexibility index (Phi) is 7.02. The van der Waals surface area contributed by atoms with Gasteiger partial charge >= 0.3 is 0 Å². The zero-order valence-corrected chi connectivity index (χ0v) is 13.1. The molecule has 0 bridgehead atoms. The number of aryl methyl sites for hydroxylation is 1. The highest BCUT2D eigenvalue weighted by Gasteiger charge is 2.25. The van der Waals surface area contributed by atoms with Crippen LogP contribution in [0.4, 0.5) is 5.82 Å². The van der Waals surface area contributed by atoms with Gasteiger partial charge in [0.25, 0.3) is 0 Å². The summed E-state index contributed by atoms with van der Waals surface area (Å²) >= 11 is 0. The Labute approximate surface area is 126 Å². The molecular weight excluding hydrogens is 276 g/mol. The molecular formula is C14H25ClN4O. The van der Waals surface area contributed by atoms with E-state index >= 15 is 0 Å². The average molecular weight is 301 g/mol. The van der Waals surface area contributed by atoms with Gasteiger partial charge in [0.05, 0.1) is 0 Å². The lowest BCUT2D eigenvalue weighted by Gasteiger charge is -2.26. The van der Waals surface area contributed by atoms with Crippen LogP contribution in [0, 0.1) is 5.92 Å². The number of nitrogens with one attached hydrogen (secondary N) is 3. The van der Waals surface area contributed by atoms with Gasteiger partial charge in [-0.05, 0) is 39.2 Å². The molecule has 1 aromatic heterocycles. The number of amides is 1. The van der Waals surface area contributed by atoms with Gasteiger partial charge in [-0.25, -0.2) is 0 Å². The number of hydrogen-bond donors (Lipinski definition) is 3. The number of piperidine rings is 1. The summed E-state index contributed by atoms with van der Waals surface area (Å²) in [5.74, 6) is 0.858. The summed E-state index contributed by atoms with van der Waals surface area (Å²) in [7, 11) is 0. The predicted octanol–water partition coefficient (Wildman–Crippen LogP) is 2.50. The lowest BCUT2D eigenvalue weighted by Crippen LogP contribution is -2.40. The number of carbonyl (C=O) groups excluding carboxylic acids is 1. The standard InChI is InChI=1S/C14H24N4O.ClH/c1-3-4-5-12-9-13(18-17-12)16-14(19)11-6-7-15-10(2)8-11;/h9-11,15H,3-8H2,1-2H3,(H2,16,17,18,19);1H/t10-,11-;/m0./s1. The van der Waals surface area contributed by atoms with Crippen LogP contribution in [0.3, 0.4) is 0 Å². The first-order chi connectivity index (χ1) is 9.19. The second kappa shape index (κ2) is 8.27.